The topological polar surface area (TPSA) is 147 Å². The Labute approximate surface area is 240 Å². The van der Waals surface area contributed by atoms with E-state index in [9.17, 15) is 4.79 Å². The Hall–Kier alpha value is -3.03. The molecule has 12 heteroatoms. The number of benzene rings is 1. The Morgan fingerprint density at radius 2 is 1.82 bits per heavy atom. The number of aliphatic imine (C=N–C) groups is 1. The first-order valence-electron chi connectivity index (χ1n) is 12.4. The minimum absolute atomic E-state index is 0.0216. The quantitative estimate of drug-likeness (QED) is 0.156. The summed E-state index contributed by atoms with van der Waals surface area (Å²) in [6.07, 6.45) is 6.79. The van der Waals surface area contributed by atoms with Crippen molar-refractivity contribution < 1.29 is 4.79 Å². The molecule has 200 valence electrons. The summed E-state index contributed by atoms with van der Waals surface area (Å²) in [5.41, 5.74) is 14.2. The lowest BCUT2D eigenvalue weighted by molar-refractivity contribution is 0.0998. The van der Waals surface area contributed by atoms with Gasteiger partial charge in [0, 0.05) is 35.6 Å². The number of guanidine groups is 1. The van der Waals surface area contributed by atoms with Gasteiger partial charge in [-0.15, -0.1) is 0 Å². The molecule has 1 amide bonds. The van der Waals surface area contributed by atoms with Crippen LogP contribution in [0.25, 0.3) is 0 Å². The van der Waals surface area contributed by atoms with Gasteiger partial charge in [-0.25, -0.2) is 9.97 Å². The number of carbonyl (C=O) groups is 1. The maximum atomic E-state index is 12.7. The molecule has 0 radical (unpaired) electrons. The monoisotopic (exact) mass is 647 g/mol. The Morgan fingerprint density at radius 1 is 1.11 bits per heavy atom. The van der Waals surface area contributed by atoms with E-state index in [0.717, 1.165) is 48.0 Å². The second kappa shape index (κ2) is 13.7. The van der Waals surface area contributed by atoms with Crippen LogP contribution in [0, 0.1) is 9.49 Å². The molecule has 1 saturated heterocycles. The number of hydrogen-bond acceptors (Lipinski definition) is 7. The van der Waals surface area contributed by atoms with Crippen molar-refractivity contribution in [2.75, 3.05) is 37.2 Å². The molecule has 1 aliphatic rings. The van der Waals surface area contributed by atoms with E-state index in [0.29, 0.717) is 24.8 Å². The molecule has 0 atom stereocenters. The predicted octanol–water partition coefficient (Wildman–Crippen LogP) is 3.32. The Kier molecular flexibility index (Phi) is 10.1. The molecule has 0 saturated carbocycles. The van der Waals surface area contributed by atoms with E-state index in [1.54, 1.807) is 0 Å². The number of rotatable bonds is 9. The number of piperidine rings is 1. The number of nitrogens with zero attached hydrogens (tertiary/aromatic N) is 5. The van der Waals surface area contributed by atoms with Gasteiger partial charge >= 0.3 is 5.91 Å². The molecule has 3 heterocycles. The van der Waals surface area contributed by atoms with Crippen molar-refractivity contribution in [3.05, 3.63) is 74.3 Å². The van der Waals surface area contributed by atoms with Gasteiger partial charge in [-0.2, -0.15) is 4.99 Å². The lowest BCUT2D eigenvalue weighted by Gasteiger charge is -2.32. The molecule has 0 spiro atoms. The fourth-order valence-electron chi connectivity index (χ4n) is 4.19. The first-order chi connectivity index (χ1) is 18.4. The number of nitrogens with two attached hydrogens (primary N) is 2. The lowest BCUT2D eigenvalue weighted by atomic mass is 9.96. The van der Waals surface area contributed by atoms with Crippen LogP contribution >= 0.6 is 34.2 Å². The van der Waals surface area contributed by atoms with Crippen molar-refractivity contribution in [3.63, 3.8) is 0 Å². The van der Waals surface area contributed by atoms with E-state index >= 15 is 0 Å². The van der Waals surface area contributed by atoms with Gasteiger partial charge in [0.2, 0.25) is 0 Å². The zero-order valence-electron chi connectivity index (χ0n) is 20.9. The Morgan fingerprint density at radius 3 is 2.53 bits per heavy atom. The van der Waals surface area contributed by atoms with E-state index in [4.69, 9.17) is 23.1 Å². The van der Waals surface area contributed by atoms with Crippen molar-refractivity contribution in [1.82, 2.24) is 25.2 Å². The summed E-state index contributed by atoms with van der Waals surface area (Å²) in [4.78, 5) is 31.4. The molecule has 2 aromatic heterocycles. The lowest BCUT2D eigenvalue weighted by Crippen LogP contribution is -2.41. The van der Waals surface area contributed by atoms with E-state index in [1.165, 1.54) is 5.56 Å². The van der Waals surface area contributed by atoms with Crippen LogP contribution in [0.4, 0.5) is 11.6 Å². The van der Waals surface area contributed by atoms with Gasteiger partial charge in [0.15, 0.2) is 28.4 Å². The number of carbonyl (C=O) groups excluding carboxylic acids is 1. The van der Waals surface area contributed by atoms with Crippen molar-refractivity contribution >= 4 is 57.7 Å². The van der Waals surface area contributed by atoms with Crippen LogP contribution in [0.1, 0.15) is 34.5 Å². The van der Waals surface area contributed by atoms with Crippen LogP contribution in [-0.2, 0) is 13.0 Å². The van der Waals surface area contributed by atoms with Gasteiger partial charge < -0.3 is 27.0 Å². The Bertz CT molecular complexity index is 1250. The molecule has 0 aliphatic carbocycles. The molecule has 6 N–H and O–H groups in total. The molecule has 4 rings (SSSR count). The van der Waals surface area contributed by atoms with Crippen LogP contribution < -0.4 is 22.1 Å². The summed E-state index contributed by atoms with van der Waals surface area (Å²) >= 11 is 8.50. The second-order valence-electron chi connectivity index (χ2n) is 9.15. The fourth-order valence-corrected chi connectivity index (χ4v) is 4.74. The molecule has 10 nitrogen and oxygen atoms in total. The third-order valence-electron chi connectivity index (χ3n) is 6.42. The highest BCUT2D eigenvalue weighted by molar-refractivity contribution is 14.1. The van der Waals surface area contributed by atoms with Crippen molar-refractivity contribution in [3.8, 4) is 0 Å². The predicted molar refractivity (Wildman–Crippen MR) is 159 cm³/mol. The van der Waals surface area contributed by atoms with Crippen LogP contribution in [0.15, 0.2) is 53.8 Å². The number of anilines is 2. The van der Waals surface area contributed by atoms with Crippen LogP contribution in [0.3, 0.4) is 0 Å². The molecule has 1 aliphatic heterocycles. The summed E-state index contributed by atoms with van der Waals surface area (Å²) in [5.74, 6) is 0.000739. The number of likely N-dealkylation sites (tertiary alicyclic amines) is 1. The molecule has 1 fully saturated rings. The average molecular weight is 648 g/mol. The number of hydrogen-bond donors (Lipinski definition) is 4. The summed E-state index contributed by atoms with van der Waals surface area (Å²) in [7, 11) is 0. The van der Waals surface area contributed by atoms with E-state index in [-0.39, 0.29) is 22.6 Å². The smallest absolute Gasteiger partial charge is 0.302 e. The second-order valence-corrected chi connectivity index (χ2v) is 10.8. The van der Waals surface area contributed by atoms with Crippen molar-refractivity contribution in [2.24, 2.45) is 16.6 Å². The van der Waals surface area contributed by atoms with E-state index in [1.807, 2.05) is 36.7 Å². The van der Waals surface area contributed by atoms with Gasteiger partial charge in [0.25, 0.3) is 0 Å². The summed E-state index contributed by atoms with van der Waals surface area (Å²) in [6.45, 7) is 4.22. The number of pyridine rings is 1. The maximum absolute atomic E-state index is 12.7. The number of halogens is 2. The molecular weight excluding hydrogens is 617 g/mol. The standard InChI is InChI=1S/C26H31ClIN9O/c27-22-24(32-15-18-1-3-20(28)4-2-18)35-23(29)21(34-22)25(38)36-26(30)33-16-19-8-13-37(14-9-19)12-7-17-5-10-31-11-6-17/h1-6,10-11,19H,7-9,12-16H2,(H3,29,32,35)(H3,30,33,36,38). The highest BCUT2D eigenvalue weighted by Crippen LogP contribution is 2.22. The largest absolute Gasteiger partial charge is 0.382 e. The van der Waals surface area contributed by atoms with Gasteiger partial charge in [-0.3, -0.25) is 9.78 Å². The van der Waals surface area contributed by atoms with Crippen LogP contribution in [0.5, 0.6) is 0 Å². The Balaban J connectivity index is 1.23. The number of aromatic nitrogens is 3. The minimum atomic E-state index is -0.697. The minimum Gasteiger partial charge on any atom is -0.382 e. The van der Waals surface area contributed by atoms with E-state index < -0.39 is 5.91 Å². The molecule has 1 aromatic carbocycles. The van der Waals surface area contributed by atoms with Crippen LogP contribution in [-0.4, -0.2) is 57.9 Å². The first kappa shape index (κ1) is 28.0. The molecular formula is C26H31ClIN9O. The number of amides is 1. The van der Waals surface area contributed by atoms with Crippen molar-refractivity contribution in [1.29, 1.82) is 0 Å². The molecule has 38 heavy (non-hydrogen) atoms. The SMILES string of the molecule is N/C(=N\C(=O)c1nc(Cl)c(NCc2ccc(I)cc2)nc1N)NCC1CCN(CCc2ccncc2)CC1. The third kappa shape index (κ3) is 8.23. The maximum Gasteiger partial charge on any atom is 0.302 e. The summed E-state index contributed by atoms with van der Waals surface area (Å²) in [6, 6.07) is 12.1. The normalized spacial score (nSPS) is 14.8. The number of nitrogens with one attached hydrogen (secondary N) is 2. The highest BCUT2D eigenvalue weighted by atomic mass is 127. The summed E-state index contributed by atoms with van der Waals surface area (Å²) < 4.78 is 1.14. The average Bonchev–Trinajstić information content (AvgIpc) is 2.93. The zero-order valence-corrected chi connectivity index (χ0v) is 23.8. The summed E-state index contributed by atoms with van der Waals surface area (Å²) in [5, 5.41) is 6.19. The first-order valence-corrected chi connectivity index (χ1v) is 13.9. The van der Waals surface area contributed by atoms with Crippen molar-refractivity contribution in [2.45, 2.75) is 25.8 Å². The van der Waals surface area contributed by atoms with Crippen LogP contribution in [0.2, 0.25) is 5.15 Å². The molecule has 0 unspecified atom stereocenters. The van der Waals surface area contributed by atoms with Gasteiger partial charge in [-0.05, 0) is 96.3 Å². The number of nitrogen functional groups attached to an aromatic ring is 1. The highest BCUT2D eigenvalue weighted by Gasteiger charge is 2.20. The van der Waals surface area contributed by atoms with E-state index in [2.05, 4.69) is 70.2 Å². The van der Waals surface area contributed by atoms with Gasteiger partial charge in [-0.1, -0.05) is 23.7 Å². The fraction of sp³-hybridized carbons (Fsp3) is 0.346. The molecule has 3 aromatic rings. The zero-order chi connectivity index (χ0) is 26.9. The van der Waals surface area contributed by atoms with Gasteiger partial charge in [0.05, 0.1) is 0 Å². The molecule has 0 bridgehead atoms. The third-order valence-corrected chi connectivity index (χ3v) is 7.41. The van der Waals surface area contributed by atoms with Gasteiger partial charge in [0.1, 0.15) is 0 Å².